The van der Waals surface area contributed by atoms with Crippen molar-refractivity contribution in [3.05, 3.63) is 17.5 Å². The van der Waals surface area contributed by atoms with Crippen LogP contribution >= 0.6 is 0 Å². The first-order valence-corrected chi connectivity index (χ1v) is 8.93. The molecule has 0 bridgehead atoms. The molecule has 1 aromatic heterocycles. The van der Waals surface area contributed by atoms with Crippen LogP contribution in [0.5, 0.6) is 0 Å². The van der Waals surface area contributed by atoms with E-state index in [1.807, 2.05) is 13.8 Å². The third-order valence-electron chi connectivity index (χ3n) is 3.64. The van der Waals surface area contributed by atoms with Crippen LogP contribution < -0.4 is 5.32 Å². The summed E-state index contributed by atoms with van der Waals surface area (Å²) >= 11 is 0. The van der Waals surface area contributed by atoms with Crippen LogP contribution in [0.3, 0.4) is 0 Å². The van der Waals surface area contributed by atoms with E-state index in [9.17, 15) is 13.2 Å². The van der Waals surface area contributed by atoms with Crippen molar-refractivity contribution in [2.45, 2.75) is 38.6 Å². The molecule has 0 aromatic carbocycles. The van der Waals surface area contributed by atoms with Gasteiger partial charge in [0.05, 0.1) is 6.26 Å². The van der Waals surface area contributed by atoms with Gasteiger partial charge < -0.3 is 5.32 Å². The number of nitrogens with zero attached hydrogens (tertiary/aromatic N) is 2. The van der Waals surface area contributed by atoms with E-state index in [-0.39, 0.29) is 17.9 Å². The van der Waals surface area contributed by atoms with Crippen molar-refractivity contribution in [2.75, 3.05) is 19.3 Å². The van der Waals surface area contributed by atoms with E-state index in [0.717, 1.165) is 18.5 Å². The van der Waals surface area contributed by atoms with Gasteiger partial charge in [0.25, 0.3) is 5.91 Å². The molecule has 0 saturated carbocycles. The Balaban J connectivity index is 1.98. The van der Waals surface area contributed by atoms with Gasteiger partial charge in [-0.3, -0.25) is 9.89 Å². The zero-order valence-electron chi connectivity index (χ0n) is 12.6. The fourth-order valence-electron chi connectivity index (χ4n) is 2.37. The summed E-state index contributed by atoms with van der Waals surface area (Å²) in [5.41, 5.74) is 1.25. The molecule has 1 aromatic rings. The maximum Gasteiger partial charge on any atom is 0.272 e. The number of sulfonamides is 1. The Morgan fingerprint density at radius 3 is 2.81 bits per heavy atom. The van der Waals surface area contributed by atoms with Crippen LogP contribution in [0.15, 0.2) is 6.07 Å². The molecule has 118 valence electrons. The summed E-state index contributed by atoms with van der Waals surface area (Å²) in [7, 11) is -3.21. The molecule has 1 aliphatic rings. The van der Waals surface area contributed by atoms with Gasteiger partial charge >= 0.3 is 0 Å². The van der Waals surface area contributed by atoms with Crippen molar-refractivity contribution in [3.8, 4) is 0 Å². The standard InChI is InChI=1S/C13H22N4O3S/c1-9(2)11-7-12(16-15-11)13(18)14-10-5-4-6-17(8-10)21(3,19)20/h7,9-10H,4-6,8H2,1-3H3,(H,14,18)(H,15,16). The second-order valence-corrected chi connectivity index (χ2v) is 7.78. The van der Waals surface area contributed by atoms with Gasteiger partial charge in [-0.25, -0.2) is 12.7 Å². The molecule has 2 rings (SSSR count). The van der Waals surface area contributed by atoms with E-state index in [1.54, 1.807) is 6.07 Å². The monoisotopic (exact) mass is 314 g/mol. The second kappa shape index (κ2) is 6.15. The molecule has 0 aliphatic carbocycles. The summed E-state index contributed by atoms with van der Waals surface area (Å²) in [4.78, 5) is 12.1. The first kappa shape index (κ1) is 16.0. The Labute approximate surface area is 125 Å². The van der Waals surface area contributed by atoms with E-state index in [2.05, 4.69) is 15.5 Å². The van der Waals surface area contributed by atoms with Crippen LogP contribution in [0.4, 0.5) is 0 Å². The van der Waals surface area contributed by atoms with Gasteiger partial charge in [-0.05, 0) is 24.8 Å². The predicted molar refractivity (Wildman–Crippen MR) is 79.6 cm³/mol. The van der Waals surface area contributed by atoms with Gasteiger partial charge in [-0.15, -0.1) is 0 Å². The Kier molecular flexibility index (Phi) is 4.67. The highest BCUT2D eigenvalue weighted by Crippen LogP contribution is 2.15. The van der Waals surface area contributed by atoms with Crippen LogP contribution in [-0.2, 0) is 10.0 Å². The lowest BCUT2D eigenvalue weighted by molar-refractivity contribution is 0.0916. The minimum absolute atomic E-state index is 0.167. The van der Waals surface area contributed by atoms with Gasteiger partial charge in [0.15, 0.2) is 0 Å². The third kappa shape index (κ3) is 4.04. The van der Waals surface area contributed by atoms with Gasteiger partial charge in [-0.2, -0.15) is 5.10 Å². The van der Waals surface area contributed by atoms with E-state index in [1.165, 1.54) is 10.6 Å². The minimum Gasteiger partial charge on any atom is -0.347 e. The fraction of sp³-hybridized carbons (Fsp3) is 0.692. The van der Waals surface area contributed by atoms with Crippen LogP contribution in [0.1, 0.15) is 48.8 Å². The zero-order chi connectivity index (χ0) is 15.6. The van der Waals surface area contributed by atoms with Crippen LogP contribution in [-0.4, -0.2) is 54.2 Å². The number of nitrogens with one attached hydrogen (secondary N) is 2. The Morgan fingerprint density at radius 2 is 2.24 bits per heavy atom. The number of piperidine rings is 1. The lowest BCUT2D eigenvalue weighted by Gasteiger charge is -2.31. The van der Waals surface area contributed by atoms with Gasteiger partial charge in [-0.1, -0.05) is 13.8 Å². The molecular weight excluding hydrogens is 292 g/mol. The number of carbonyl (C=O) groups is 1. The van der Waals surface area contributed by atoms with Crippen LogP contribution in [0.25, 0.3) is 0 Å². The smallest absolute Gasteiger partial charge is 0.272 e. The molecular formula is C13H22N4O3S. The highest BCUT2D eigenvalue weighted by molar-refractivity contribution is 7.88. The molecule has 1 fully saturated rings. The molecule has 1 atom stereocenters. The third-order valence-corrected chi connectivity index (χ3v) is 4.91. The number of carbonyl (C=O) groups excluding carboxylic acids is 1. The number of H-pyrrole nitrogens is 1. The van der Waals surface area contributed by atoms with Crippen LogP contribution in [0.2, 0.25) is 0 Å². The molecule has 0 radical (unpaired) electrons. The van der Waals surface area contributed by atoms with Crippen molar-refractivity contribution < 1.29 is 13.2 Å². The second-order valence-electron chi connectivity index (χ2n) is 5.80. The number of hydrogen-bond donors (Lipinski definition) is 2. The fourth-order valence-corrected chi connectivity index (χ4v) is 3.28. The quantitative estimate of drug-likeness (QED) is 0.854. The summed E-state index contributed by atoms with van der Waals surface area (Å²) < 4.78 is 24.5. The Morgan fingerprint density at radius 1 is 1.52 bits per heavy atom. The summed E-state index contributed by atoms with van der Waals surface area (Å²) in [6, 6.07) is 1.57. The highest BCUT2D eigenvalue weighted by atomic mass is 32.2. The van der Waals surface area contributed by atoms with Gasteiger partial charge in [0.1, 0.15) is 5.69 Å². The molecule has 1 unspecified atom stereocenters. The Bertz CT molecular complexity index is 609. The van der Waals surface area contributed by atoms with Crippen molar-refractivity contribution in [3.63, 3.8) is 0 Å². The number of hydrogen-bond acceptors (Lipinski definition) is 4. The van der Waals surface area contributed by atoms with Crippen molar-refractivity contribution in [1.82, 2.24) is 19.8 Å². The van der Waals surface area contributed by atoms with E-state index in [0.29, 0.717) is 18.8 Å². The molecule has 8 heteroatoms. The van der Waals surface area contributed by atoms with Gasteiger partial charge in [0, 0.05) is 24.8 Å². The predicted octanol–water partition coefficient (Wildman–Crippen LogP) is 0.687. The average molecular weight is 314 g/mol. The normalized spacial score (nSPS) is 20.7. The lowest BCUT2D eigenvalue weighted by atomic mass is 10.1. The zero-order valence-corrected chi connectivity index (χ0v) is 13.4. The van der Waals surface area contributed by atoms with Crippen molar-refractivity contribution >= 4 is 15.9 Å². The molecule has 21 heavy (non-hydrogen) atoms. The summed E-state index contributed by atoms with van der Waals surface area (Å²) in [5, 5.41) is 9.70. The first-order valence-electron chi connectivity index (χ1n) is 7.08. The molecule has 1 aliphatic heterocycles. The van der Waals surface area contributed by atoms with Crippen molar-refractivity contribution in [1.29, 1.82) is 0 Å². The number of aromatic nitrogens is 2. The number of amides is 1. The van der Waals surface area contributed by atoms with Crippen LogP contribution in [0, 0.1) is 0 Å². The molecule has 7 nitrogen and oxygen atoms in total. The van der Waals surface area contributed by atoms with E-state index in [4.69, 9.17) is 0 Å². The molecule has 0 spiro atoms. The summed E-state index contributed by atoms with van der Waals surface area (Å²) in [6.45, 7) is 4.87. The average Bonchev–Trinajstić information content (AvgIpc) is 2.88. The maximum absolute atomic E-state index is 12.1. The van der Waals surface area contributed by atoms with E-state index < -0.39 is 10.0 Å². The minimum atomic E-state index is -3.21. The lowest BCUT2D eigenvalue weighted by Crippen LogP contribution is -2.49. The summed E-state index contributed by atoms with van der Waals surface area (Å²) in [6.07, 6.45) is 2.72. The first-order chi connectivity index (χ1) is 9.77. The number of rotatable bonds is 4. The molecule has 2 heterocycles. The maximum atomic E-state index is 12.1. The highest BCUT2D eigenvalue weighted by Gasteiger charge is 2.27. The van der Waals surface area contributed by atoms with E-state index >= 15 is 0 Å². The molecule has 1 saturated heterocycles. The van der Waals surface area contributed by atoms with Crippen molar-refractivity contribution in [2.24, 2.45) is 0 Å². The number of aromatic amines is 1. The summed E-state index contributed by atoms with van der Waals surface area (Å²) in [5.74, 6) is 0.00737. The largest absolute Gasteiger partial charge is 0.347 e. The SMILES string of the molecule is CC(C)c1cc(C(=O)NC2CCCN(S(C)(=O)=O)C2)n[nH]1. The topological polar surface area (TPSA) is 95.2 Å². The Hall–Kier alpha value is -1.41. The molecule has 1 amide bonds. The van der Waals surface area contributed by atoms with Gasteiger partial charge in [0.2, 0.25) is 10.0 Å². The molecule has 2 N–H and O–H groups in total.